The normalized spacial score (nSPS) is 11.6. The van der Waals surface area contributed by atoms with Gasteiger partial charge >= 0.3 is 0 Å². The predicted molar refractivity (Wildman–Crippen MR) is 154 cm³/mol. The maximum Gasteiger partial charge on any atom is 0.264 e. The van der Waals surface area contributed by atoms with Crippen molar-refractivity contribution in [1.29, 1.82) is 0 Å². The van der Waals surface area contributed by atoms with Gasteiger partial charge in [-0.3, -0.25) is 9.10 Å². The van der Waals surface area contributed by atoms with Crippen LogP contribution in [0.4, 0.5) is 5.69 Å². The topological polar surface area (TPSA) is 92.0 Å². The summed E-state index contributed by atoms with van der Waals surface area (Å²) in [7, 11) is -4.03. The SMILES string of the molecule is CSc1ccc(S(=O)(=O)N(CC(=O)N/N=C\c2ccc(-c3ccc(Cl)cc3Cl)o2)c2ccc(C)cc2)cc1. The highest BCUT2D eigenvalue weighted by molar-refractivity contribution is 7.98. The first-order valence-electron chi connectivity index (χ1n) is 11.3. The summed E-state index contributed by atoms with van der Waals surface area (Å²) in [4.78, 5) is 13.8. The molecule has 0 aliphatic heterocycles. The average molecular weight is 589 g/mol. The minimum atomic E-state index is -4.03. The lowest BCUT2D eigenvalue weighted by atomic mass is 10.2. The molecule has 196 valence electrons. The van der Waals surface area contributed by atoms with Crippen molar-refractivity contribution >= 4 is 62.8 Å². The van der Waals surface area contributed by atoms with E-state index >= 15 is 0 Å². The molecule has 7 nitrogen and oxygen atoms in total. The van der Waals surface area contributed by atoms with Gasteiger partial charge in [-0.15, -0.1) is 11.8 Å². The molecule has 0 saturated heterocycles. The van der Waals surface area contributed by atoms with Crippen molar-refractivity contribution in [3.05, 3.63) is 100 Å². The van der Waals surface area contributed by atoms with Gasteiger partial charge in [0.2, 0.25) is 0 Å². The van der Waals surface area contributed by atoms with Gasteiger partial charge in [-0.25, -0.2) is 13.8 Å². The standard InChI is InChI=1S/C27H23Cl2N3O4S2/c1-18-3-6-20(7-4-18)32(38(34,35)23-11-9-22(37-2)10-12-23)17-27(33)31-30-16-21-8-14-26(36-21)24-13-5-19(28)15-25(24)29/h3-16H,17H2,1-2H3,(H,31,33)/b30-16-. The van der Waals surface area contributed by atoms with Crippen LogP contribution in [0.25, 0.3) is 11.3 Å². The first-order valence-corrected chi connectivity index (χ1v) is 14.7. The number of nitrogens with zero attached hydrogens (tertiary/aromatic N) is 2. The molecule has 0 radical (unpaired) electrons. The Morgan fingerprint density at radius 2 is 1.74 bits per heavy atom. The van der Waals surface area contributed by atoms with Gasteiger partial charge < -0.3 is 4.42 Å². The van der Waals surface area contributed by atoms with Gasteiger partial charge in [-0.05, 0) is 79.9 Å². The zero-order chi connectivity index (χ0) is 27.3. The molecule has 0 atom stereocenters. The number of halogens is 2. The number of sulfonamides is 1. The summed E-state index contributed by atoms with van der Waals surface area (Å²) in [5, 5.41) is 4.87. The van der Waals surface area contributed by atoms with Crippen molar-refractivity contribution < 1.29 is 17.6 Å². The fourth-order valence-corrected chi connectivity index (χ4v) is 5.82. The second-order valence-corrected chi connectivity index (χ2v) is 11.7. The molecule has 11 heteroatoms. The molecule has 4 aromatic rings. The van der Waals surface area contributed by atoms with Gasteiger partial charge in [0.15, 0.2) is 0 Å². The van der Waals surface area contributed by atoms with Crippen molar-refractivity contribution in [2.24, 2.45) is 5.10 Å². The number of thioether (sulfide) groups is 1. The number of anilines is 1. The van der Waals surface area contributed by atoms with Crippen molar-refractivity contribution in [2.75, 3.05) is 17.1 Å². The molecular formula is C27H23Cl2N3O4S2. The van der Waals surface area contributed by atoms with Crippen molar-refractivity contribution in [1.82, 2.24) is 5.43 Å². The van der Waals surface area contributed by atoms with Crippen LogP contribution in [-0.2, 0) is 14.8 Å². The Kier molecular flexibility index (Phi) is 8.83. The number of benzene rings is 3. The van der Waals surface area contributed by atoms with Crippen LogP contribution in [0.2, 0.25) is 10.0 Å². The Bertz CT molecular complexity index is 1570. The summed E-state index contributed by atoms with van der Waals surface area (Å²) in [5.41, 5.74) is 4.35. The van der Waals surface area contributed by atoms with Crippen LogP contribution in [0.15, 0.2) is 98.2 Å². The highest BCUT2D eigenvalue weighted by Gasteiger charge is 2.27. The van der Waals surface area contributed by atoms with Crippen LogP contribution in [-0.4, -0.2) is 33.3 Å². The van der Waals surface area contributed by atoms with Crippen LogP contribution in [0.3, 0.4) is 0 Å². The summed E-state index contributed by atoms with van der Waals surface area (Å²) in [5.74, 6) is 0.241. The molecule has 0 aliphatic carbocycles. The van der Waals surface area contributed by atoms with Crippen molar-refractivity contribution in [3.63, 3.8) is 0 Å². The van der Waals surface area contributed by atoms with E-state index < -0.39 is 22.5 Å². The lowest BCUT2D eigenvalue weighted by molar-refractivity contribution is -0.119. The zero-order valence-corrected chi connectivity index (χ0v) is 23.5. The summed E-state index contributed by atoms with van der Waals surface area (Å²) >= 11 is 13.7. The maximum absolute atomic E-state index is 13.5. The molecule has 4 rings (SSSR count). The third-order valence-electron chi connectivity index (χ3n) is 5.46. The van der Waals surface area contributed by atoms with Crippen LogP contribution >= 0.6 is 35.0 Å². The van der Waals surface area contributed by atoms with Crippen LogP contribution in [0, 0.1) is 6.92 Å². The molecule has 0 spiro atoms. The molecule has 1 aromatic heterocycles. The number of amides is 1. The Hall–Kier alpha value is -3.24. The fourth-order valence-electron chi connectivity index (χ4n) is 3.49. The van der Waals surface area contributed by atoms with Crippen LogP contribution in [0.5, 0.6) is 0 Å². The van der Waals surface area contributed by atoms with Crippen LogP contribution in [0.1, 0.15) is 11.3 Å². The average Bonchev–Trinajstić information content (AvgIpc) is 3.36. The molecular weight excluding hydrogens is 565 g/mol. The number of carbonyl (C=O) groups is 1. The number of hydrogen-bond donors (Lipinski definition) is 1. The Morgan fingerprint density at radius 3 is 2.39 bits per heavy atom. The molecule has 3 aromatic carbocycles. The number of rotatable bonds is 9. The number of nitrogens with one attached hydrogen (secondary N) is 1. The fraction of sp³-hybridized carbons (Fsp3) is 0.111. The lowest BCUT2D eigenvalue weighted by Gasteiger charge is -2.24. The predicted octanol–water partition coefficient (Wildman–Crippen LogP) is 6.63. The van der Waals surface area contributed by atoms with Crippen LogP contribution < -0.4 is 9.73 Å². The van der Waals surface area contributed by atoms with E-state index in [1.165, 1.54) is 30.1 Å². The van der Waals surface area contributed by atoms with E-state index in [2.05, 4.69) is 10.5 Å². The highest BCUT2D eigenvalue weighted by atomic mass is 35.5. The second kappa shape index (κ2) is 12.1. The number of carbonyl (C=O) groups excluding carboxylic acids is 1. The van der Waals surface area contributed by atoms with E-state index in [4.69, 9.17) is 27.6 Å². The largest absolute Gasteiger partial charge is 0.455 e. The molecule has 0 fully saturated rings. The molecule has 0 saturated carbocycles. The van der Waals surface area contributed by atoms with Gasteiger partial charge in [-0.2, -0.15) is 5.10 Å². The minimum absolute atomic E-state index is 0.0798. The molecule has 0 bridgehead atoms. The van der Waals surface area contributed by atoms with Crippen molar-refractivity contribution in [3.8, 4) is 11.3 Å². The quantitative estimate of drug-likeness (QED) is 0.135. The van der Waals surface area contributed by atoms with Gasteiger partial charge in [-0.1, -0.05) is 40.9 Å². The Morgan fingerprint density at radius 1 is 1.03 bits per heavy atom. The van der Waals surface area contributed by atoms with E-state index in [-0.39, 0.29) is 4.90 Å². The molecule has 1 heterocycles. The van der Waals surface area contributed by atoms with Gasteiger partial charge in [0.25, 0.3) is 15.9 Å². The summed E-state index contributed by atoms with van der Waals surface area (Å²) in [6.45, 7) is 1.42. The molecule has 1 N–H and O–H groups in total. The van der Waals surface area contributed by atoms with Crippen molar-refractivity contribution in [2.45, 2.75) is 16.7 Å². The monoisotopic (exact) mass is 587 g/mol. The summed E-state index contributed by atoms with van der Waals surface area (Å²) in [6.07, 6.45) is 3.22. The maximum atomic E-state index is 13.5. The lowest BCUT2D eigenvalue weighted by Crippen LogP contribution is -2.39. The van der Waals surface area contributed by atoms with E-state index in [9.17, 15) is 13.2 Å². The Labute approximate surface area is 235 Å². The number of furan rings is 1. The van der Waals surface area contributed by atoms with Gasteiger partial charge in [0, 0.05) is 15.5 Å². The number of hydrogen-bond acceptors (Lipinski definition) is 6. The molecule has 0 aliphatic rings. The van der Waals surface area contributed by atoms with Gasteiger partial charge in [0.05, 0.1) is 21.8 Å². The smallest absolute Gasteiger partial charge is 0.264 e. The third kappa shape index (κ3) is 6.60. The van der Waals surface area contributed by atoms with E-state index in [0.29, 0.717) is 32.8 Å². The first kappa shape index (κ1) is 27.8. The van der Waals surface area contributed by atoms with E-state index in [0.717, 1.165) is 14.8 Å². The number of hydrazone groups is 1. The summed E-state index contributed by atoms with van der Waals surface area (Å²) in [6, 6.07) is 21.8. The second-order valence-electron chi connectivity index (χ2n) is 8.14. The summed E-state index contributed by atoms with van der Waals surface area (Å²) < 4.78 is 33.8. The zero-order valence-electron chi connectivity index (χ0n) is 20.4. The molecule has 38 heavy (non-hydrogen) atoms. The highest BCUT2D eigenvalue weighted by Crippen LogP contribution is 2.31. The third-order valence-corrected chi connectivity index (χ3v) is 8.54. The first-order chi connectivity index (χ1) is 18.2. The number of aryl methyl sites for hydroxylation is 1. The molecule has 1 amide bonds. The molecule has 0 unspecified atom stereocenters. The van der Waals surface area contributed by atoms with E-state index in [1.807, 2.05) is 13.2 Å². The Balaban J connectivity index is 1.50. The minimum Gasteiger partial charge on any atom is -0.455 e. The van der Waals surface area contributed by atoms with E-state index in [1.54, 1.807) is 66.7 Å². The van der Waals surface area contributed by atoms with Gasteiger partial charge in [0.1, 0.15) is 18.1 Å².